The number of amides is 1. The normalized spacial score (nSPS) is 13.1. The molecule has 3 unspecified atom stereocenters. The van der Waals surface area contributed by atoms with Gasteiger partial charge in [0, 0.05) is 6.42 Å². The predicted molar refractivity (Wildman–Crippen MR) is 246 cm³/mol. The van der Waals surface area contributed by atoms with Gasteiger partial charge >= 0.3 is 5.97 Å². The maximum Gasteiger partial charge on any atom is 0.306 e. The summed E-state index contributed by atoms with van der Waals surface area (Å²) in [6.45, 7) is 6.48. The zero-order valence-electron chi connectivity index (χ0n) is 38.8. The molecule has 340 valence electrons. The maximum atomic E-state index is 13.1. The number of unbranched alkanes of at least 4 members (excludes halogenated alkanes) is 35. The monoisotopic (exact) mass is 808 g/mol. The number of hydrogen-bond acceptors (Lipinski definition) is 5. The van der Waals surface area contributed by atoms with E-state index in [1.807, 2.05) is 0 Å². The van der Waals surface area contributed by atoms with Crippen LogP contribution >= 0.6 is 0 Å². The second-order valence-electron chi connectivity index (χ2n) is 17.9. The van der Waals surface area contributed by atoms with Crippen LogP contribution in [0.2, 0.25) is 0 Å². The topological polar surface area (TPSA) is 95.9 Å². The van der Waals surface area contributed by atoms with Crippen molar-refractivity contribution >= 4 is 11.9 Å². The van der Waals surface area contributed by atoms with Crippen LogP contribution in [0.3, 0.4) is 0 Å². The molecule has 0 rings (SSSR count). The van der Waals surface area contributed by atoms with Gasteiger partial charge in [-0.3, -0.25) is 9.59 Å². The van der Waals surface area contributed by atoms with Crippen LogP contribution in [0.25, 0.3) is 0 Å². The van der Waals surface area contributed by atoms with E-state index in [0.29, 0.717) is 19.3 Å². The van der Waals surface area contributed by atoms with E-state index in [9.17, 15) is 19.8 Å². The number of carbonyl (C=O) groups excluding carboxylic acids is 2. The van der Waals surface area contributed by atoms with Crippen LogP contribution in [0, 0.1) is 0 Å². The number of esters is 1. The van der Waals surface area contributed by atoms with E-state index in [4.69, 9.17) is 4.74 Å². The highest BCUT2D eigenvalue weighted by Crippen LogP contribution is 2.19. The van der Waals surface area contributed by atoms with Gasteiger partial charge in [-0.1, -0.05) is 252 Å². The molecule has 0 aromatic carbocycles. The van der Waals surface area contributed by atoms with Crippen LogP contribution in [0.4, 0.5) is 0 Å². The average Bonchev–Trinajstić information content (AvgIpc) is 3.20. The number of rotatable bonds is 47. The van der Waals surface area contributed by atoms with Crippen LogP contribution in [0.1, 0.15) is 290 Å². The molecule has 0 aliphatic heterocycles. The lowest BCUT2D eigenvalue weighted by Crippen LogP contribution is -2.46. The Hall–Kier alpha value is -1.14. The minimum atomic E-state index is -0.777. The first-order chi connectivity index (χ1) is 28.0. The van der Waals surface area contributed by atoms with E-state index in [0.717, 1.165) is 38.5 Å². The van der Waals surface area contributed by atoms with Gasteiger partial charge in [0.15, 0.2) is 0 Å². The highest BCUT2D eigenvalue weighted by Gasteiger charge is 2.24. The molecule has 0 saturated carbocycles. The molecule has 0 aromatic heterocycles. The van der Waals surface area contributed by atoms with Crippen LogP contribution in [0.5, 0.6) is 0 Å². The van der Waals surface area contributed by atoms with Gasteiger partial charge in [0.2, 0.25) is 5.91 Å². The molecule has 0 fully saturated rings. The van der Waals surface area contributed by atoms with Crippen molar-refractivity contribution in [3.63, 3.8) is 0 Å². The molecular weight excluding hydrogens is 707 g/mol. The summed E-state index contributed by atoms with van der Waals surface area (Å²) in [5.41, 5.74) is 0. The standard InChI is InChI=1S/C51H101NO5/c1-4-7-10-13-16-18-20-22-23-24-25-26-28-30-32-35-38-41-44-51(56)57-47(42-39-36-33-15-12-9-6-3)45-50(55)52-48(46-53)49(54)43-40-37-34-31-29-27-21-19-17-14-11-8-5-2/h47-49,53-54H,4-46H2,1-3H3,(H,52,55). The number of hydrogen-bond donors (Lipinski definition) is 3. The van der Waals surface area contributed by atoms with E-state index in [-0.39, 0.29) is 24.9 Å². The molecule has 0 saturated heterocycles. The number of aliphatic hydroxyl groups excluding tert-OH is 2. The van der Waals surface area contributed by atoms with Crippen LogP contribution in [0.15, 0.2) is 0 Å². The van der Waals surface area contributed by atoms with E-state index in [1.54, 1.807) is 0 Å². The van der Waals surface area contributed by atoms with Crippen LogP contribution in [-0.4, -0.2) is 46.9 Å². The predicted octanol–water partition coefficient (Wildman–Crippen LogP) is 15.2. The zero-order chi connectivity index (χ0) is 41.7. The summed E-state index contributed by atoms with van der Waals surface area (Å²) in [5, 5.41) is 23.7. The molecule has 0 spiro atoms. The molecule has 3 N–H and O–H groups in total. The van der Waals surface area contributed by atoms with Gasteiger partial charge < -0.3 is 20.3 Å². The Labute approximate surface area is 356 Å². The smallest absolute Gasteiger partial charge is 0.306 e. The Morgan fingerprint density at radius 2 is 0.737 bits per heavy atom. The Balaban J connectivity index is 4.29. The van der Waals surface area contributed by atoms with Gasteiger partial charge in [0.25, 0.3) is 0 Å². The highest BCUT2D eigenvalue weighted by atomic mass is 16.5. The third kappa shape index (κ3) is 41.4. The summed E-state index contributed by atoms with van der Waals surface area (Å²) in [6.07, 6.45) is 48.9. The maximum absolute atomic E-state index is 13.1. The third-order valence-corrected chi connectivity index (χ3v) is 12.2. The lowest BCUT2D eigenvalue weighted by atomic mass is 10.0. The minimum Gasteiger partial charge on any atom is -0.462 e. The fraction of sp³-hybridized carbons (Fsp3) is 0.961. The molecule has 0 bridgehead atoms. The van der Waals surface area contributed by atoms with E-state index < -0.39 is 18.2 Å². The molecule has 0 radical (unpaired) electrons. The number of carbonyl (C=O) groups is 2. The fourth-order valence-electron chi connectivity index (χ4n) is 8.26. The molecule has 0 heterocycles. The van der Waals surface area contributed by atoms with Crippen molar-refractivity contribution in [2.24, 2.45) is 0 Å². The summed E-state index contributed by atoms with van der Waals surface area (Å²) in [7, 11) is 0. The van der Waals surface area contributed by atoms with Crippen molar-refractivity contribution in [2.45, 2.75) is 309 Å². The Bertz CT molecular complexity index is 821. The van der Waals surface area contributed by atoms with Gasteiger partial charge in [0.05, 0.1) is 25.2 Å². The van der Waals surface area contributed by atoms with Crippen molar-refractivity contribution in [1.29, 1.82) is 0 Å². The molecule has 0 aromatic rings. The van der Waals surface area contributed by atoms with Gasteiger partial charge in [-0.25, -0.2) is 0 Å². The Morgan fingerprint density at radius 3 is 1.07 bits per heavy atom. The molecule has 1 amide bonds. The number of nitrogens with one attached hydrogen (secondary N) is 1. The van der Waals surface area contributed by atoms with Crippen molar-refractivity contribution in [3.05, 3.63) is 0 Å². The molecule has 3 atom stereocenters. The fourth-order valence-corrected chi connectivity index (χ4v) is 8.26. The summed E-state index contributed by atoms with van der Waals surface area (Å²) in [4.78, 5) is 26.0. The lowest BCUT2D eigenvalue weighted by molar-refractivity contribution is -0.151. The first-order valence-electron chi connectivity index (χ1n) is 25.8. The van der Waals surface area contributed by atoms with Crippen molar-refractivity contribution in [3.8, 4) is 0 Å². The Morgan fingerprint density at radius 1 is 0.439 bits per heavy atom. The molecule has 6 heteroatoms. The van der Waals surface area contributed by atoms with Gasteiger partial charge in [-0.05, 0) is 25.7 Å². The summed E-state index contributed by atoms with van der Waals surface area (Å²) in [5.74, 6) is -0.458. The molecule has 6 nitrogen and oxygen atoms in total. The van der Waals surface area contributed by atoms with Gasteiger partial charge in [0.1, 0.15) is 6.10 Å². The molecular formula is C51H101NO5. The van der Waals surface area contributed by atoms with Gasteiger partial charge in [-0.2, -0.15) is 0 Å². The SMILES string of the molecule is CCCCCCCCCCCCCCCCCCCCC(=O)OC(CCCCCCCCC)CC(=O)NC(CO)C(O)CCCCCCCCCCCCCCC. The van der Waals surface area contributed by atoms with E-state index in [2.05, 4.69) is 26.1 Å². The minimum absolute atomic E-state index is 0.0860. The first-order valence-corrected chi connectivity index (χ1v) is 25.8. The first kappa shape index (κ1) is 55.9. The second-order valence-corrected chi connectivity index (χ2v) is 17.9. The molecule has 0 aliphatic rings. The second kappa shape index (κ2) is 45.9. The highest BCUT2D eigenvalue weighted by molar-refractivity contribution is 5.77. The van der Waals surface area contributed by atoms with E-state index >= 15 is 0 Å². The van der Waals surface area contributed by atoms with Crippen LogP contribution < -0.4 is 5.32 Å². The Kier molecular flexibility index (Phi) is 45.0. The molecule has 57 heavy (non-hydrogen) atoms. The summed E-state index contributed by atoms with van der Waals surface area (Å²) >= 11 is 0. The van der Waals surface area contributed by atoms with Gasteiger partial charge in [-0.15, -0.1) is 0 Å². The number of aliphatic hydroxyl groups is 2. The number of ether oxygens (including phenoxy) is 1. The largest absolute Gasteiger partial charge is 0.462 e. The van der Waals surface area contributed by atoms with Crippen molar-refractivity contribution in [1.82, 2.24) is 5.32 Å². The summed E-state index contributed by atoms with van der Waals surface area (Å²) < 4.78 is 5.90. The zero-order valence-corrected chi connectivity index (χ0v) is 38.8. The van der Waals surface area contributed by atoms with Crippen LogP contribution in [-0.2, 0) is 14.3 Å². The van der Waals surface area contributed by atoms with Crippen molar-refractivity contribution in [2.75, 3.05) is 6.61 Å². The molecule has 0 aliphatic carbocycles. The summed E-state index contributed by atoms with van der Waals surface area (Å²) in [6, 6.07) is -0.690. The quantitative estimate of drug-likeness (QED) is 0.0420. The van der Waals surface area contributed by atoms with Crippen molar-refractivity contribution < 1.29 is 24.5 Å². The van der Waals surface area contributed by atoms with E-state index in [1.165, 1.54) is 205 Å². The third-order valence-electron chi connectivity index (χ3n) is 12.2. The average molecular weight is 808 g/mol. The lowest BCUT2D eigenvalue weighted by Gasteiger charge is -2.24.